The van der Waals surface area contributed by atoms with Crippen LogP contribution in [0.25, 0.3) is 5.57 Å². The Morgan fingerprint density at radius 2 is 1.79 bits per heavy atom. The quantitative estimate of drug-likeness (QED) is 0.762. The van der Waals surface area contributed by atoms with Crippen molar-refractivity contribution in [2.75, 3.05) is 13.0 Å². The highest BCUT2D eigenvalue weighted by molar-refractivity contribution is 7.98. The molecular formula is C20H18O3S. The van der Waals surface area contributed by atoms with Gasteiger partial charge in [-0.25, -0.2) is 0 Å². The topological polar surface area (TPSA) is 35.5 Å². The second-order valence-electron chi connectivity index (χ2n) is 6.08. The molecule has 0 amide bonds. The minimum atomic E-state index is 0.187. The lowest BCUT2D eigenvalue weighted by atomic mass is 9.81. The predicted octanol–water partition coefficient (Wildman–Crippen LogP) is 4.67. The van der Waals surface area contributed by atoms with Crippen LogP contribution in [0.15, 0.2) is 53.4 Å². The van der Waals surface area contributed by atoms with E-state index in [4.69, 9.17) is 9.47 Å². The molecule has 0 saturated carbocycles. The summed E-state index contributed by atoms with van der Waals surface area (Å²) in [6.07, 6.45) is 5.28. The zero-order valence-electron chi connectivity index (χ0n) is 13.5. The zero-order valence-corrected chi connectivity index (χ0v) is 14.3. The SMILES string of the molecule is CSc1ccc(C2=CC(=O)C[C@H](c3ccc4c(c3)OCO4)C2)cc1. The molecule has 4 heteroatoms. The average Bonchev–Trinajstić information content (AvgIpc) is 3.09. The summed E-state index contributed by atoms with van der Waals surface area (Å²) in [4.78, 5) is 13.5. The molecule has 4 rings (SSSR count). The van der Waals surface area contributed by atoms with Crippen LogP contribution in [0.2, 0.25) is 0 Å². The van der Waals surface area contributed by atoms with Gasteiger partial charge in [-0.2, -0.15) is 0 Å². The number of allylic oxidation sites excluding steroid dienone is 2. The fourth-order valence-electron chi connectivity index (χ4n) is 3.30. The Morgan fingerprint density at radius 1 is 1.00 bits per heavy atom. The van der Waals surface area contributed by atoms with Crippen molar-refractivity contribution < 1.29 is 14.3 Å². The Morgan fingerprint density at radius 3 is 2.58 bits per heavy atom. The van der Waals surface area contributed by atoms with Gasteiger partial charge in [0.05, 0.1) is 0 Å². The van der Waals surface area contributed by atoms with Gasteiger partial charge >= 0.3 is 0 Å². The number of benzene rings is 2. The highest BCUT2D eigenvalue weighted by Crippen LogP contribution is 2.40. The van der Waals surface area contributed by atoms with Gasteiger partial charge in [-0.05, 0) is 65.6 Å². The van der Waals surface area contributed by atoms with Gasteiger partial charge in [-0.15, -0.1) is 11.8 Å². The molecular weight excluding hydrogens is 320 g/mol. The molecule has 24 heavy (non-hydrogen) atoms. The standard InChI is InChI=1S/C20H18O3S/c1-24-18-5-2-13(3-6-18)15-8-16(10-17(21)9-15)14-4-7-19-20(11-14)23-12-22-19/h2-7,9,11,16H,8,10,12H2,1H3/t16-/m1/s1. The molecule has 0 unspecified atom stereocenters. The van der Waals surface area contributed by atoms with Crippen LogP contribution < -0.4 is 9.47 Å². The number of carbonyl (C=O) groups is 1. The second-order valence-corrected chi connectivity index (χ2v) is 6.96. The van der Waals surface area contributed by atoms with Crippen molar-refractivity contribution >= 4 is 23.1 Å². The average molecular weight is 338 g/mol. The smallest absolute Gasteiger partial charge is 0.231 e. The van der Waals surface area contributed by atoms with Gasteiger partial charge in [-0.3, -0.25) is 4.79 Å². The molecule has 0 saturated heterocycles. The minimum Gasteiger partial charge on any atom is -0.454 e. The van der Waals surface area contributed by atoms with Crippen LogP contribution in [-0.4, -0.2) is 18.8 Å². The molecule has 1 aliphatic carbocycles. The van der Waals surface area contributed by atoms with Crippen LogP contribution in [0.5, 0.6) is 11.5 Å². The molecule has 0 aromatic heterocycles. The Kier molecular flexibility index (Phi) is 4.07. The third-order valence-electron chi connectivity index (χ3n) is 4.58. The first-order valence-electron chi connectivity index (χ1n) is 8.00. The van der Waals surface area contributed by atoms with Gasteiger partial charge in [-0.1, -0.05) is 18.2 Å². The highest BCUT2D eigenvalue weighted by Gasteiger charge is 2.25. The van der Waals surface area contributed by atoms with Crippen LogP contribution in [0, 0.1) is 0 Å². The van der Waals surface area contributed by atoms with Gasteiger partial charge in [0.1, 0.15) is 0 Å². The van der Waals surface area contributed by atoms with E-state index >= 15 is 0 Å². The summed E-state index contributed by atoms with van der Waals surface area (Å²) in [6.45, 7) is 0.273. The van der Waals surface area contributed by atoms with E-state index in [0.717, 1.165) is 34.6 Å². The first-order chi connectivity index (χ1) is 11.7. The van der Waals surface area contributed by atoms with E-state index < -0.39 is 0 Å². The molecule has 0 radical (unpaired) electrons. The number of carbonyl (C=O) groups excluding carboxylic acids is 1. The second kappa shape index (κ2) is 6.36. The molecule has 2 aliphatic rings. The van der Waals surface area contributed by atoms with Gasteiger partial charge in [0.25, 0.3) is 0 Å². The van der Waals surface area contributed by atoms with Crippen molar-refractivity contribution in [3.05, 3.63) is 59.7 Å². The predicted molar refractivity (Wildman–Crippen MR) is 95.7 cm³/mol. The molecule has 0 spiro atoms. The molecule has 0 bridgehead atoms. The number of hydrogen-bond donors (Lipinski definition) is 0. The zero-order chi connectivity index (χ0) is 16.5. The third-order valence-corrected chi connectivity index (χ3v) is 5.32. The number of ether oxygens (including phenoxy) is 2. The molecule has 1 heterocycles. The van der Waals surface area contributed by atoms with Crippen molar-refractivity contribution in [2.24, 2.45) is 0 Å². The summed E-state index contributed by atoms with van der Waals surface area (Å²) in [5, 5.41) is 0. The van der Waals surface area contributed by atoms with E-state index in [2.05, 4.69) is 30.5 Å². The van der Waals surface area contributed by atoms with Gasteiger partial charge < -0.3 is 9.47 Å². The molecule has 0 fully saturated rings. The van der Waals surface area contributed by atoms with Crippen molar-refractivity contribution in [3.8, 4) is 11.5 Å². The molecule has 1 aliphatic heterocycles. The lowest BCUT2D eigenvalue weighted by Crippen LogP contribution is -2.12. The number of rotatable bonds is 3. The normalized spacial score (nSPS) is 19.3. The molecule has 3 nitrogen and oxygen atoms in total. The fraction of sp³-hybridized carbons (Fsp3) is 0.250. The number of fused-ring (bicyclic) bond motifs is 1. The van der Waals surface area contributed by atoms with E-state index in [1.165, 1.54) is 4.90 Å². The van der Waals surface area contributed by atoms with Crippen LogP contribution >= 0.6 is 11.8 Å². The summed E-state index contributed by atoms with van der Waals surface area (Å²) >= 11 is 1.72. The van der Waals surface area contributed by atoms with E-state index in [9.17, 15) is 4.79 Å². The van der Waals surface area contributed by atoms with Gasteiger partial charge in [0.2, 0.25) is 6.79 Å². The van der Waals surface area contributed by atoms with Gasteiger partial charge in [0.15, 0.2) is 17.3 Å². The van der Waals surface area contributed by atoms with Crippen molar-refractivity contribution in [1.29, 1.82) is 0 Å². The van der Waals surface area contributed by atoms with E-state index in [0.29, 0.717) is 6.42 Å². The Balaban J connectivity index is 1.60. The van der Waals surface area contributed by atoms with E-state index in [1.807, 2.05) is 18.2 Å². The van der Waals surface area contributed by atoms with Gasteiger partial charge in [0, 0.05) is 11.3 Å². The molecule has 2 aromatic rings. The Bertz CT molecular complexity index is 808. The summed E-state index contributed by atoms with van der Waals surface area (Å²) in [5.41, 5.74) is 3.38. The third kappa shape index (κ3) is 2.94. The van der Waals surface area contributed by atoms with E-state index in [-0.39, 0.29) is 18.5 Å². The maximum atomic E-state index is 12.3. The Labute approximate surface area is 145 Å². The Hall–Kier alpha value is -2.20. The molecule has 1 atom stereocenters. The van der Waals surface area contributed by atoms with Crippen molar-refractivity contribution in [1.82, 2.24) is 0 Å². The summed E-state index contributed by atoms with van der Waals surface area (Å²) in [5.74, 6) is 1.93. The maximum Gasteiger partial charge on any atom is 0.231 e. The monoisotopic (exact) mass is 338 g/mol. The van der Waals surface area contributed by atoms with Crippen molar-refractivity contribution in [3.63, 3.8) is 0 Å². The fourth-order valence-corrected chi connectivity index (χ4v) is 3.71. The first-order valence-corrected chi connectivity index (χ1v) is 9.23. The largest absolute Gasteiger partial charge is 0.454 e. The van der Waals surface area contributed by atoms with Crippen LogP contribution in [-0.2, 0) is 4.79 Å². The lowest BCUT2D eigenvalue weighted by molar-refractivity contribution is -0.115. The number of ketones is 1. The van der Waals surface area contributed by atoms with Crippen molar-refractivity contribution in [2.45, 2.75) is 23.7 Å². The molecule has 0 N–H and O–H groups in total. The minimum absolute atomic E-state index is 0.187. The maximum absolute atomic E-state index is 12.3. The molecule has 122 valence electrons. The summed E-state index contributed by atoms with van der Waals surface area (Å²) in [6, 6.07) is 14.4. The summed E-state index contributed by atoms with van der Waals surface area (Å²) < 4.78 is 10.8. The number of hydrogen-bond acceptors (Lipinski definition) is 4. The van der Waals surface area contributed by atoms with E-state index in [1.54, 1.807) is 17.8 Å². The number of thioether (sulfide) groups is 1. The highest BCUT2D eigenvalue weighted by atomic mass is 32.2. The molecule has 2 aromatic carbocycles. The van der Waals surface area contributed by atoms with Crippen LogP contribution in [0.4, 0.5) is 0 Å². The lowest BCUT2D eigenvalue weighted by Gasteiger charge is -2.23. The summed E-state index contributed by atoms with van der Waals surface area (Å²) in [7, 11) is 0. The first kappa shape index (κ1) is 15.3. The van der Waals surface area contributed by atoms with Crippen LogP contribution in [0.1, 0.15) is 29.9 Å². The van der Waals surface area contributed by atoms with Crippen LogP contribution in [0.3, 0.4) is 0 Å².